The normalized spacial score (nSPS) is 20.4. The zero-order valence-corrected chi connectivity index (χ0v) is 12.1. The average molecular weight is 275 g/mol. The molecule has 0 saturated heterocycles. The van der Waals surface area contributed by atoms with Gasteiger partial charge in [0.15, 0.2) is 0 Å². The SMILES string of the molecule is Nc1ccc(NC2CCCCCC2)nc1OCC1CC1. The Morgan fingerprint density at radius 1 is 1.10 bits per heavy atom. The Kier molecular flexibility index (Phi) is 4.28. The predicted molar refractivity (Wildman–Crippen MR) is 82.0 cm³/mol. The monoisotopic (exact) mass is 275 g/mol. The first kappa shape index (κ1) is 13.5. The summed E-state index contributed by atoms with van der Waals surface area (Å²) in [6, 6.07) is 4.41. The van der Waals surface area contributed by atoms with Crippen LogP contribution in [-0.4, -0.2) is 17.6 Å². The average Bonchev–Trinajstić information content (AvgIpc) is 3.27. The maximum absolute atomic E-state index is 5.94. The highest BCUT2D eigenvalue weighted by atomic mass is 16.5. The molecule has 1 aromatic rings. The van der Waals surface area contributed by atoms with E-state index in [1.807, 2.05) is 12.1 Å². The van der Waals surface area contributed by atoms with Gasteiger partial charge in [-0.2, -0.15) is 4.98 Å². The molecule has 3 N–H and O–H groups in total. The van der Waals surface area contributed by atoms with Gasteiger partial charge in [0, 0.05) is 6.04 Å². The van der Waals surface area contributed by atoms with E-state index in [4.69, 9.17) is 10.5 Å². The molecule has 2 fully saturated rings. The zero-order valence-electron chi connectivity index (χ0n) is 12.1. The Morgan fingerprint density at radius 3 is 2.55 bits per heavy atom. The third-order valence-electron chi connectivity index (χ3n) is 4.25. The first-order valence-electron chi connectivity index (χ1n) is 7.97. The van der Waals surface area contributed by atoms with Crippen LogP contribution >= 0.6 is 0 Å². The van der Waals surface area contributed by atoms with Gasteiger partial charge in [0.05, 0.1) is 12.3 Å². The van der Waals surface area contributed by atoms with Crippen molar-refractivity contribution in [2.24, 2.45) is 5.92 Å². The van der Waals surface area contributed by atoms with E-state index in [-0.39, 0.29) is 0 Å². The summed E-state index contributed by atoms with van der Waals surface area (Å²) in [5.74, 6) is 2.21. The van der Waals surface area contributed by atoms with Gasteiger partial charge in [0.25, 0.3) is 0 Å². The van der Waals surface area contributed by atoms with Gasteiger partial charge in [-0.05, 0) is 43.7 Å². The number of aromatic nitrogens is 1. The molecule has 0 aromatic carbocycles. The molecule has 2 aliphatic carbocycles. The quantitative estimate of drug-likeness (QED) is 0.806. The second kappa shape index (κ2) is 6.33. The van der Waals surface area contributed by atoms with E-state index in [0.717, 1.165) is 18.3 Å². The summed E-state index contributed by atoms with van der Waals surface area (Å²) in [5, 5.41) is 3.55. The number of nitrogens with two attached hydrogens (primary N) is 1. The van der Waals surface area contributed by atoms with E-state index in [9.17, 15) is 0 Å². The van der Waals surface area contributed by atoms with Crippen LogP contribution < -0.4 is 15.8 Å². The highest BCUT2D eigenvalue weighted by Gasteiger charge is 2.22. The number of ether oxygens (including phenoxy) is 1. The van der Waals surface area contributed by atoms with E-state index < -0.39 is 0 Å². The second-order valence-corrected chi connectivity index (χ2v) is 6.18. The summed E-state index contributed by atoms with van der Waals surface area (Å²) in [6.45, 7) is 0.754. The van der Waals surface area contributed by atoms with E-state index in [0.29, 0.717) is 17.6 Å². The van der Waals surface area contributed by atoms with Crippen LogP contribution in [0.15, 0.2) is 12.1 Å². The van der Waals surface area contributed by atoms with Gasteiger partial charge in [0.2, 0.25) is 5.88 Å². The summed E-state index contributed by atoms with van der Waals surface area (Å²) in [4.78, 5) is 4.54. The minimum Gasteiger partial charge on any atom is -0.476 e. The van der Waals surface area contributed by atoms with E-state index in [1.54, 1.807) is 0 Å². The Morgan fingerprint density at radius 2 is 1.85 bits per heavy atom. The van der Waals surface area contributed by atoms with Gasteiger partial charge in [-0.25, -0.2) is 0 Å². The van der Waals surface area contributed by atoms with Crippen LogP contribution in [0.2, 0.25) is 0 Å². The third-order valence-corrected chi connectivity index (χ3v) is 4.25. The number of hydrogen-bond acceptors (Lipinski definition) is 4. The fraction of sp³-hybridized carbons (Fsp3) is 0.688. The Balaban J connectivity index is 1.61. The lowest BCUT2D eigenvalue weighted by atomic mass is 10.1. The molecule has 4 nitrogen and oxygen atoms in total. The van der Waals surface area contributed by atoms with Gasteiger partial charge in [-0.15, -0.1) is 0 Å². The molecule has 0 aliphatic heterocycles. The Bertz CT molecular complexity index is 437. The first-order chi connectivity index (χ1) is 9.81. The number of pyridine rings is 1. The van der Waals surface area contributed by atoms with Crippen LogP contribution in [-0.2, 0) is 0 Å². The molecular weight excluding hydrogens is 250 g/mol. The largest absolute Gasteiger partial charge is 0.476 e. The minimum absolute atomic E-state index is 0.546. The van der Waals surface area contributed by atoms with Crippen molar-refractivity contribution in [2.45, 2.75) is 57.4 Å². The molecule has 0 amide bonds. The van der Waals surface area contributed by atoms with Gasteiger partial charge >= 0.3 is 0 Å². The van der Waals surface area contributed by atoms with Crippen LogP contribution in [0.1, 0.15) is 51.4 Å². The lowest BCUT2D eigenvalue weighted by molar-refractivity contribution is 0.290. The van der Waals surface area contributed by atoms with E-state index in [1.165, 1.54) is 51.4 Å². The Labute approximate surface area is 121 Å². The van der Waals surface area contributed by atoms with Crippen molar-refractivity contribution in [1.82, 2.24) is 4.98 Å². The maximum Gasteiger partial charge on any atom is 0.239 e. The van der Waals surface area contributed by atoms with Gasteiger partial charge in [0.1, 0.15) is 5.82 Å². The molecule has 0 spiro atoms. The van der Waals surface area contributed by atoms with Crippen LogP contribution in [0.25, 0.3) is 0 Å². The smallest absolute Gasteiger partial charge is 0.239 e. The maximum atomic E-state index is 5.94. The molecule has 0 atom stereocenters. The lowest BCUT2D eigenvalue weighted by Crippen LogP contribution is -2.19. The van der Waals surface area contributed by atoms with E-state index in [2.05, 4.69) is 10.3 Å². The molecule has 2 saturated carbocycles. The third kappa shape index (κ3) is 3.78. The van der Waals surface area contributed by atoms with Crippen LogP contribution in [0.4, 0.5) is 11.5 Å². The van der Waals surface area contributed by atoms with Crippen molar-refractivity contribution >= 4 is 11.5 Å². The predicted octanol–water partition coefficient (Wildman–Crippen LogP) is 3.59. The summed E-state index contributed by atoms with van der Waals surface area (Å²) < 4.78 is 5.74. The van der Waals surface area contributed by atoms with Gasteiger partial charge in [-0.1, -0.05) is 25.7 Å². The summed E-state index contributed by atoms with van der Waals surface area (Å²) in [5.41, 5.74) is 6.58. The molecule has 110 valence electrons. The molecule has 20 heavy (non-hydrogen) atoms. The zero-order chi connectivity index (χ0) is 13.8. The summed E-state index contributed by atoms with van der Waals surface area (Å²) in [7, 11) is 0. The molecule has 0 radical (unpaired) electrons. The van der Waals surface area contributed by atoms with Crippen molar-refractivity contribution in [3.8, 4) is 5.88 Å². The highest BCUT2D eigenvalue weighted by molar-refractivity contribution is 5.53. The second-order valence-electron chi connectivity index (χ2n) is 6.18. The number of nitrogens with one attached hydrogen (secondary N) is 1. The van der Waals surface area contributed by atoms with Crippen molar-refractivity contribution in [1.29, 1.82) is 0 Å². The molecule has 0 bridgehead atoms. The topological polar surface area (TPSA) is 60.2 Å². The van der Waals surface area contributed by atoms with Gasteiger partial charge in [-0.3, -0.25) is 0 Å². The van der Waals surface area contributed by atoms with E-state index >= 15 is 0 Å². The van der Waals surface area contributed by atoms with Crippen LogP contribution in [0.5, 0.6) is 5.88 Å². The van der Waals surface area contributed by atoms with Crippen molar-refractivity contribution in [3.05, 3.63) is 12.1 Å². The van der Waals surface area contributed by atoms with Crippen molar-refractivity contribution < 1.29 is 4.74 Å². The molecule has 2 aliphatic rings. The minimum atomic E-state index is 0.546. The molecule has 4 heteroatoms. The number of anilines is 2. The summed E-state index contributed by atoms with van der Waals surface area (Å²) >= 11 is 0. The number of hydrogen-bond donors (Lipinski definition) is 2. The van der Waals surface area contributed by atoms with Crippen molar-refractivity contribution in [2.75, 3.05) is 17.7 Å². The standard InChI is InChI=1S/C16H25N3O/c17-14-9-10-15(18-13-5-3-1-2-4-6-13)19-16(14)20-11-12-7-8-12/h9-10,12-13H,1-8,11,17H2,(H,18,19). The molecule has 1 aromatic heterocycles. The summed E-state index contributed by atoms with van der Waals surface area (Å²) in [6.07, 6.45) is 10.4. The molecular formula is C16H25N3O. The number of nitrogens with zero attached hydrogens (tertiary/aromatic N) is 1. The first-order valence-corrected chi connectivity index (χ1v) is 7.97. The van der Waals surface area contributed by atoms with Gasteiger partial charge < -0.3 is 15.8 Å². The van der Waals surface area contributed by atoms with Crippen LogP contribution in [0.3, 0.4) is 0 Å². The Hall–Kier alpha value is -1.45. The molecule has 0 unspecified atom stereocenters. The fourth-order valence-corrected chi connectivity index (χ4v) is 2.76. The lowest BCUT2D eigenvalue weighted by Gasteiger charge is -2.18. The molecule has 3 rings (SSSR count). The number of nitrogen functional groups attached to an aromatic ring is 1. The number of rotatable bonds is 5. The highest BCUT2D eigenvalue weighted by Crippen LogP contribution is 2.31. The van der Waals surface area contributed by atoms with Crippen LogP contribution in [0, 0.1) is 5.92 Å². The fourth-order valence-electron chi connectivity index (χ4n) is 2.76. The molecule has 1 heterocycles. The van der Waals surface area contributed by atoms with Crippen molar-refractivity contribution in [3.63, 3.8) is 0 Å².